The van der Waals surface area contributed by atoms with Crippen molar-refractivity contribution in [2.75, 3.05) is 31.5 Å². The molecule has 5 heteroatoms. The SMILES string of the molecule is O=CN1CCN(C2CCCC2C2CCC(Nc3cccc(Cl)c3)CC2)CC1. The van der Waals surface area contributed by atoms with Crippen molar-refractivity contribution >= 4 is 23.7 Å². The summed E-state index contributed by atoms with van der Waals surface area (Å²) in [6, 6.07) is 9.42. The lowest BCUT2D eigenvalue weighted by molar-refractivity contribution is -0.120. The highest BCUT2D eigenvalue weighted by molar-refractivity contribution is 6.30. The Morgan fingerprint density at radius 3 is 2.48 bits per heavy atom. The molecular formula is C22H32ClN3O. The maximum absolute atomic E-state index is 11.0. The van der Waals surface area contributed by atoms with Crippen molar-refractivity contribution in [3.8, 4) is 0 Å². The zero-order chi connectivity index (χ0) is 18.6. The van der Waals surface area contributed by atoms with E-state index in [0.29, 0.717) is 6.04 Å². The summed E-state index contributed by atoms with van der Waals surface area (Å²) < 4.78 is 0. The molecule has 1 saturated heterocycles. The number of hydrogen-bond acceptors (Lipinski definition) is 3. The lowest BCUT2D eigenvalue weighted by atomic mass is 9.75. The molecule has 0 spiro atoms. The normalized spacial score (nSPS) is 32.4. The fourth-order valence-corrected chi connectivity index (χ4v) is 5.84. The molecule has 1 aliphatic heterocycles. The van der Waals surface area contributed by atoms with E-state index in [2.05, 4.69) is 16.3 Å². The van der Waals surface area contributed by atoms with Crippen molar-refractivity contribution in [3.63, 3.8) is 0 Å². The topological polar surface area (TPSA) is 35.6 Å². The van der Waals surface area contributed by atoms with Crippen LogP contribution in [0.15, 0.2) is 24.3 Å². The van der Waals surface area contributed by atoms with Gasteiger partial charge >= 0.3 is 0 Å². The number of piperazine rings is 1. The summed E-state index contributed by atoms with van der Waals surface area (Å²) in [6.07, 6.45) is 10.4. The summed E-state index contributed by atoms with van der Waals surface area (Å²) in [4.78, 5) is 15.6. The van der Waals surface area contributed by atoms with Gasteiger partial charge in [0.2, 0.25) is 6.41 Å². The molecule has 1 N–H and O–H groups in total. The number of amides is 1. The molecule has 2 aliphatic carbocycles. The second-order valence-corrected chi connectivity index (χ2v) is 9.04. The van der Waals surface area contributed by atoms with Crippen LogP contribution >= 0.6 is 11.6 Å². The Morgan fingerprint density at radius 1 is 1.00 bits per heavy atom. The Bertz CT molecular complexity index is 624. The number of nitrogens with zero attached hydrogens (tertiary/aromatic N) is 2. The number of benzene rings is 1. The molecule has 3 aliphatic rings. The van der Waals surface area contributed by atoms with E-state index in [1.54, 1.807) is 0 Å². The van der Waals surface area contributed by atoms with Crippen molar-refractivity contribution in [3.05, 3.63) is 29.3 Å². The molecule has 148 valence electrons. The highest BCUT2D eigenvalue weighted by atomic mass is 35.5. The third kappa shape index (κ3) is 4.60. The van der Waals surface area contributed by atoms with Crippen LogP contribution in [0.25, 0.3) is 0 Å². The second-order valence-electron chi connectivity index (χ2n) is 8.61. The first-order valence-corrected chi connectivity index (χ1v) is 11.1. The molecule has 4 nitrogen and oxygen atoms in total. The van der Waals surface area contributed by atoms with Crippen LogP contribution in [0.5, 0.6) is 0 Å². The van der Waals surface area contributed by atoms with E-state index in [-0.39, 0.29) is 0 Å². The van der Waals surface area contributed by atoms with E-state index in [9.17, 15) is 4.79 Å². The summed E-state index contributed by atoms with van der Waals surface area (Å²) in [5, 5.41) is 4.49. The first-order valence-electron chi connectivity index (χ1n) is 10.7. The number of carbonyl (C=O) groups is 1. The van der Waals surface area contributed by atoms with Crippen molar-refractivity contribution in [1.82, 2.24) is 9.80 Å². The number of hydrogen-bond donors (Lipinski definition) is 1. The molecule has 2 unspecified atom stereocenters. The minimum absolute atomic E-state index is 0.579. The van der Waals surface area contributed by atoms with Gasteiger partial charge < -0.3 is 10.2 Å². The zero-order valence-electron chi connectivity index (χ0n) is 16.2. The van der Waals surface area contributed by atoms with Crippen molar-refractivity contribution in [1.29, 1.82) is 0 Å². The number of anilines is 1. The standard InChI is InChI=1S/C22H32ClN3O/c23-18-3-1-4-20(15-18)24-19-9-7-17(8-10-19)21-5-2-6-22(21)26-13-11-25(16-27)12-14-26/h1,3-4,15-17,19,21-22,24H,2,5-14H2. The number of rotatable bonds is 5. The van der Waals surface area contributed by atoms with E-state index < -0.39 is 0 Å². The summed E-state index contributed by atoms with van der Waals surface area (Å²) in [6.45, 7) is 3.93. The summed E-state index contributed by atoms with van der Waals surface area (Å²) >= 11 is 6.11. The minimum Gasteiger partial charge on any atom is -0.382 e. The summed E-state index contributed by atoms with van der Waals surface area (Å²) in [7, 11) is 0. The largest absolute Gasteiger partial charge is 0.382 e. The van der Waals surface area contributed by atoms with Gasteiger partial charge in [-0.15, -0.1) is 0 Å². The van der Waals surface area contributed by atoms with Crippen LogP contribution in [0.4, 0.5) is 5.69 Å². The third-order valence-corrected chi connectivity index (χ3v) is 7.31. The molecule has 3 fully saturated rings. The van der Waals surface area contributed by atoms with Gasteiger partial charge in [-0.2, -0.15) is 0 Å². The maximum atomic E-state index is 11.0. The van der Waals surface area contributed by atoms with Gasteiger partial charge in [0.25, 0.3) is 0 Å². The molecule has 27 heavy (non-hydrogen) atoms. The van der Waals surface area contributed by atoms with Crippen LogP contribution in [0.1, 0.15) is 44.9 Å². The second kappa shape index (κ2) is 8.83. The molecule has 2 saturated carbocycles. The van der Waals surface area contributed by atoms with Gasteiger partial charge in [-0.05, 0) is 68.6 Å². The molecule has 1 aromatic rings. The van der Waals surface area contributed by atoms with Crippen LogP contribution in [0.2, 0.25) is 5.02 Å². The van der Waals surface area contributed by atoms with Gasteiger partial charge in [-0.3, -0.25) is 9.69 Å². The molecule has 1 aromatic carbocycles. The van der Waals surface area contributed by atoms with E-state index in [1.807, 2.05) is 23.1 Å². The van der Waals surface area contributed by atoms with Gasteiger partial charge in [0, 0.05) is 49.0 Å². The molecule has 0 bridgehead atoms. The van der Waals surface area contributed by atoms with Gasteiger partial charge in [0.15, 0.2) is 0 Å². The predicted octanol–water partition coefficient (Wildman–Crippen LogP) is 4.25. The lowest BCUT2D eigenvalue weighted by Gasteiger charge is -2.42. The molecule has 0 radical (unpaired) electrons. The van der Waals surface area contributed by atoms with E-state index >= 15 is 0 Å². The average molecular weight is 390 g/mol. The number of halogens is 1. The van der Waals surface area contributed by atoms with E-state index in [0.717, 1.165) is 61.2 Å². The quantitative estimate of drug-likeness (QED) is 0.764. The Hall–Kier alpha value is -1.26. The minimum atomic E-state index is 0.579. The van der Waals surface area contributed by atoms with Gasteiger partial charge in [-0.1, -0.05) is 24.1 Å². The highest BCUT2D eigenvalue weighted by Crippen LogP contribution is 2.42. The lowest BCUT2D eigenvalue weighted by Crippen LogP contribution is -2.51. The molecule has 1 amide bonds. The van der Waals surface area contributed by atoms with Gasteiger partial charge in [0.1, 0.15) is 0 Å². The Labute approximate surface area is 168 Å². The monoisotopic (exact) mass is 389 g/mol. The van der Waals surface area contributed by atoms with Crippen LogP contribution in [0, 0.1) is 11.8 Å². The third-order valence-electron chi connectivity index (χ3n) is 7.07. The molecule has 2 atom stereocenters. The molecule has 1 heterocycles. The van der Waals surface area contributed by atoms with Crippen LogP contribution in [-0.2, 0) is 4.79 Å². The molecule has 0 aromatic heterocycles. The Kier molecular flexibility index (Phi) is 6.24. The Morgan fingerprint density at radius 2 is 1.78 bits per heavy atom. The number of carbonyl (C=O) groups excluding carboxylic acids is 1. The van der Waals surface area contributed by atoms with Gasteiger partial charge in [0.05, 0.1) is 0 Å². The van der Waals surface area contributed by atoms with Crippen molar-refractivity contribution in [2.45, 2.75) is 57.0 Å². The van der Waals surface area contributed by atoms with Crippen LogP contribution in [0.3, 0.4) is 0 Å². The fourth-order valence-electron chi connectivity index (χ4n) is 5.65. The number of nitrogens with one attached hydrogen (secondary N) is 1. The van der Waals surface area contributed by atoms with Gasteiger partial charge in [-0.25, -0.2) is 0 Å². The van der Waals surface area contributed by atoms with E-state index in [4.69, 9.17) is 11.6 Å². The highest BCUT2D eigenvalue weighted by Gasteiger charge is 2.39. The van der Waals surface area contributed by atoms with Crippen LogP contribution < -0.4 is 5.32 Å². The molecular weight excluding hydrogens is 358 g/mol. The first kappa shape index (κ1) is 19.1. The summed E-state index contributed by atoms with van der Waals surface area (Å²) in [5.74, 6) is 1.74. The molecule has 4 rings (SSSR count). The fraction of sp³-hybridized carbons (Fsp3) is 0.682. The van der Waals surface area contributed by atoms with Crippen molar-refractivity contribution in [2.24, 2.45) is 11.8 Å². The van der Waals surface area contributed by atoms with Crippen molar-refractivity contribution < 1.29 is 4.79 Å². The van der Waals surface area contributed by atoms with Crippen LogP contribution in [-0.4, -0.2) is 54.5 Å². The smallest absolute Gasteiger partial charge is 0.209 e. The Balaban J connectivity index is 1.29. The average Bonchev–Trinajstić information content (AvgIpc) is 3.18. The zero-order valence-corrected chi connectivity index (χ0v) is 16.9. The predicted molar refractivity (Wildman–Crippen MR) is 111 cm³/mol. The first-order chi connectivity index (χ1) is 13.2. The summed E-state index contributed by atoms with van der Waals surface area (Å²) in [5.41, 5.74) is 1.15. The van der Waals surface area contributed by atoms with E-state index in [1.165, 1.54) is 44.9 Å². The maximum Gasteiger partial charge on any atom is 0.209 e.